The second kappa shape index (κ2) is 7.53. The zero-order chi connectivity index (χ0) is 19.6. The molecule has 0 atom stereocenters. The molecule has 0 saturated heterocycles. The number of halogens is 3. The van der Waals surface area contributed by atoms with E-state index in [1.165, 1.54) is 0 Å². The van der Waals surface area contributed by atoms with Crippen molar-refractivity contribution in [3.05, 3.63) is 58.6 Å². The van der Waals surface area contributed by atoms with Gasteiger partial charge in [0.1, 0.15) is 0 Å². The lowest BCUT2D eigenvalue weighted by molar-refractivity contribution is 0.102. The number of anilines is 1. The maximum atomic E-state index is 12.5. The fraction of sp³-hybridized carbons (Fsp3) is 0.0625. The van der Waals surface area contributed by atoms with Crippen LogP contribution in [0.1, 0.15) is 10.4 Å². The van der Waals surface area contributed by atoms with E-state index in [4.69, 9.17) is 0 Å². The molecule has 2 N–H and O–H groups in total. The van der Waals surface area contributed by atoms with Gasteiger partial charge in [-0.1, -0.05) is 34.1 Å². The van der Waals surface area contributed by atoms with Crippen LogP contribution < -0.4 is 5.32 Å². The zero-order valence-corrected chi connectivity index (χ0v) is 15.8. The first-order chi connectivity index (χ1) is 12.8. The number of hydrogen-bond acceptors (Lipinski definition) is 5. The molecule has 7 nitrogen and oxygen atoms in total. The fourth-order valence-electron chi connectivity index (χ4n) is 2.16. The minimum Gasteiger partial charge on any atom is -0.289 e. The van der Waals surface area contributed by atoms with Crippen LogP contribution in [0.5, 0.6) is 0 Å². The molecule has 3 rings (SSSR count). The van der Waals surface area contributed by atoms with Crippen molar-refractivity contribution in [2.24, 2.45) is 0 Å². The van der Waals surface area contributed by atoms with Crippen molar-refractivity contribution in [2.45, 2.75) is 10.7 Å². The summed E-state index contributed by atoms with van der Waals surface area (Å²) in [5.41, 5.74) is 0.808. The number of nitrogens with one attached hydrogen (secondary N) is 2. The summed E-state index contributed by atoms with van der Waals surface area (Å²) in [6.45, 7) is 0. The molecule has 1 aromatic heterocycles. The van der Waals surface area contributed by atoms with Crippen LogP contribution in [0.3, 0.4) is 0 Å². The van der Waals surface area contributed by atoms with Crippen LogP contribution in [-0.2, 0) is 9.84 Å². The van der Waals surface area contributed by atoms with Gasteiger partial charge in [-0.15, -0.1) is 5.10 Å². The molecule has 2 aromatic carbocycles. The van der Waals surface area contributed by atoms with E-state index in [2.05, 4.69) is 36.4 Å². The number of carbonyl (C=O) groups excluding carboxylic acids is 1. The Morgan fingerprint density at radius 2 is 1.78 bits per heavy atom. The highest BCUT2D eigenvalue weighted by Gasteiger charge is 2.26. The van der Waals surface area contributed by atoms with Gasteiger partial charge in [0.2, 0.25) is 15.8 Å². The molecule has 0 saturated carbocycles. The van der Waals surface area contributed by atoms with Crippen LogP contribution in [0.4, 0.5) is 14.7 Å². The SMILES string of the molecule is O=C(Nc1n[nH]c(-c2ccccc2Br)n1)c1ccc(S(=O)(=O)C(F)F)cc1. The minimum absolute atomic E-state index is 0.00929. The predicted molar refractivity (Wildman–Crippen MR) is 97.1 cm³/mol. The van der Waals surface area contributed by atoms with E-state index in [9.17, 15) is 22.0 Å². The maximum Gasteiger partial charge on any atom is 0.341 e. The molecular formula is C16H11BrF2N4O3S. The van der Waals surface area contributed by atoms with Gasteiger partial charge < -0.3 is 0 Å². The molecule has 1 amide bonds. The van der Waals surface area contributed by atoms with Crippen LogP contribution in [0.15, 0.2) is 57.9 Å². The molecule has 27 heavy (non-hydrogen) atoms. The van der Waals surface area contributed by atoms with Crippen LogP contribution in [-0.4, -0.2) is 35.3 Å². The largest absolute Gasteiger partial charge is 0.341 e. The number of sulfone groups is 1. The number of carbonyl (C=O) groups is 1. The smallest absolute Gasteiger partial charge is 0.289 e. The van der Waals surface area contributed by atoms with Crippen molar-refractivity contribution in [3.63, 3.8) is 0 Å². The number of hydrogen-bond donors (Lipinski definition) is 2. The molecule has 0 aliphatic carbocycles. The van der Waals surface area contributed by atoms with Crippen LogP contribution in [0.2, 0.25) is 0 Å². The first-order valence-electron chi connectivity index (χ1n) is 7.40. The van der Waals surface area contributed by atoms with Crippen molar-refractivity contribution in [1.82, 2.24) is 15.2 Å². The molecule has 140 valence electrons. The second-order valence-electron chi connectivity index (χ2n) is 5.27. The minimum atomic E-state index is -4.71. The molecule has 0 radical (unpaired) electrons. The van der Waals surface area contributed by atoms with Crippen LogP contribution in [0.25, 0.3) is 11.4 Å². The Labute approximate surface area is 160 Å². The van der Waals surface area contributed by atoms with Crippen molar-refractivity contribution in [3.8, 4) is 11.4 Å². The Morgan fingerprint density at radius 3 is 2.41 bits per heavy atom. The van der Waals surface area contributed by atoms with Crippen molar-refractivity contribution in [1.29, 1.82) is 0 Å². The first-order valence-corrected chi connectivity index (χ1v) is 9.74. The molecule has 0 aliphatic rings. The van der Waals surface area contributed by atoms with E-state index in [1.54, 1.807) is 6.07 Å². The third kappa shape index (κ3) is 4.03. The Bertz CT molecular complexity index is 1090. The van der Waals surface area contributed by atoms with Crippen molar-refractivity contribution >= 4 is 37.6 Å². The monoisotopic (exact) mass is 456 g/mol. The average Bonchev–Trinajstić information content (AvgIpc) is 3.10. The van der Waals surface area contributed by atoms with E-state index in [-0.39, 0.29) is 11.5 Å². The van der Waals surface area contributed by atoms with Gasteiger partial charge in [-0.3, -0.25) is 15.2 Å². The van der Waals surface area contributed by atoms with Crippen molar-refractivity contribution in [2.75, 3.05) is 5.32 Å². The highest BCUT2D eigenvalue weighted by Crippen LogP contribution is 2.25. The van der Waals surface area contributed by atoms with Gasteiger partial charge in [0, 0.05) is 15.6 Å². The van der Waals surface area contributed by atoms with E-state index >= 15 is 0 Å². The number of H-pyrrole nitrogens is 1. The van der Waals surface area contributed by atoms with Gasteiger partial charge in [-0.2, -0.15) is 13.8 Å². The number of nitrogens with zero attached hydrogens (tertiary/aromatic N) is 2. The van der Waals surface area contributed by atoms with Gasteiger partial charge in [0.15, 0.2) is 5.82 Å². The summed E-state index contributed by atoms with van der Waals surface area (Å²) in [7, 11) is -4.71. The molecule has 0 unspecified atom stereocenters. The molecule has 0 bridgehead atoms. The van der Waals surface area contributed by atoms with Gasteiger partial charge in [-0.25, -0.2) is 8.42 Å². The third-order valence-electron chi connectivity index (χ3n) is 3.52. The first kappa shape index (κ1) is 19.1. The molecule has 0 fully saturated rings. The van der Waals surface area contributed by atoms with Crippen LogP contribution >= 0.6 is 15.9 Å². The predicted octanol–water partition coefficient (Wildman–Crippen LogP) is 3.48. The number of aromatic nitrogens is 3. The summed E-state index contributed by atoms with van der Waals surface area (Å²) in [6, 6.07) is 11.4. The summed E-state index contributed by atoms with van der Waals surface area (Å²) in [5.74, 6) is -3.71. The van der Waals surface area contributed by atoms with Crippen LogP contribution in [0, 0.1) is 0 Å². The molecule has 3 aromatic rings. The third-order valence-corrected chi connectivity index (χ3v) is 5.61. The standard InChI is InChI=1S/C16H11BrF2N4O3S/c17-12-4-2-1-3-11(12)13-20-16(23-22-13)21-14(24)9-5-7-10(8-6-9)27(25,26)15(18)19/h1-8,15H,(H2,20,21,22,23,24). The Hall–Kier alpha value is -2.66. The van der Waals surface area contributed by atoms with Gasteiger partial charge in [0.05, 0.1) is 4.90 Å². The lowest BCUT2D eigenvalue weighted by atomic mass is 10.2. The fourth-order valence-corrected chi connectivity index (χ4v) is 3.36. The summed E-state index contributed by atoms with van der Waals surface area (Å²) in [6.07, 6.45) is 0. The Morgan fingerprint density at radius 1 is 1.11 bits per heavy atom. The number of alkyl halides is 2. The molecule has 1 heterocycles. The molecule has 0 spiro atoms. The van der Waals surface area contributed by atoms with Crippen molar-refractivity contribution < 1.29 is 22.0 Å². The summed E-state index contributed by atoms with van der Waals surface area (Å²) >= 11 is 3.39. The van der Waals surface area contributed by atoms with Gasteiger partial charge in [-0.05, 0) is 30.3 Å². The summed E-state index contributed by atoms with van der Waals surface area (Å²) in [4.78, 5) is 15.8. The number of aromatic amines is 1. The maximum absolute atomic E-state index is 12.5. The molecule has 11 heteroatoms. The lowest BCUT2D eigenvalue weighted by Gasteiger charge is -2.04. The summed E-state index contributed by atoms with van der Waals surface area (Å²) in [5, 5.41) is 9.03. The topological polar surface area (TPSA) is 105 Å². The Kier molecular flexibility index (Phi) is 5.33. The highest BCUT2D eigenvalue weighted by atomic mass is 79.9. The lowest BCUT2D eigenvalue weighted by Crippen LogP contribution is -2.14. The average molecular weight is 457 g/mol. The van der Waals surface area contributed by atoms with Gasteiger partial charge in [0.25, 0.3) is 5.91 Å². The van der Waals surface area contributed by atoms with E-state index in [0.29, 0.717) is 5.82 Å². The number of benzene rings is 2. The molecule has 0 aliphatic heterocycles. The quantitative estimate of drug-likeness (QED) is 0.611. The second-order valence-corrected chi connectivity index (χ2v) is 8.04. The normalized spacial score (nSPS) is 11.6. The zero-order valence-electron chi connectivity index (χ0n) is 13.4. The molecular weight excluding hydrogens is 446 g/mol. The van der Waals surface area contributed by atoms with Gasteiger partial charge >= 0.3 is 5.76 Å². The number of rotatable bonds is 5. The summed E-state index contributed by atoms with van der Waals surface area (Å²) < 4.78 is 48.6. The number of amides is 1. The highest BCUT2D eigenvalue weighted by molar-refractivity contribution is 9.10. The van der Waals surface area contributed by atoms with E-state index < -0.39 is 26.4 Å². The Balaban J connectivity index is 1.76. The van der Waals surface area contributed by atoms with E-state index in [1.807, 2.05) is 18.2 Å². The van der Waals surface area contributed by atoms with E-state index in [0.717, 1.165) is 34.3 Å².